The van der Waals surface area contributed by atoms with Crippen molar-refractivity contribution in [2.24, 2.45) is 4.99 Å². The molecule has 1 heteroatoms. The van der Waals surface area contributed by atoms with Gasteiger partial charge in [-0.05, 0) is 37.8 Å². The van der Waals surface area contributed by atoms with Gasteiger partial charge in [-0.1, -0.05) is 19.4 Å². The van der Waals surface area contributed by atoms with Crippen molar-refractivity contribution in [3.05, 3.63) is 23.9 Å². The van der Waals surface area contributed by atoms with E-state index in [-0.39, 0.29) is 0 Å². The van der Waals surface area contributed by atoms with Gasteiger partial charge in [0.15, 0.2) is 0 Å². The van der Waals surface area contributed by atoms with Gasteiger partial charge < -0.3 is 0 Å². The van der Waals surface area contributed by atoms with Crippen LogP contribution in [0.5, 0.6) is 0 Å². The summed E-state index contributed by atoms with van der Waals surface area (Å²) in [6.45, 7) is 4.26. The Hall–Kier alpha value is -0.850. The molecule has 0 aromatic heterocycles. The van der Waals surface area contributed by atoms with Gasteiger partial charge in [0.2, 0.25) is 0 Å². The minimum Gasteiger partial charge on any atom is -0.262 e. The molecule has 0 aromatic rings. The van der Waals surface area contributed by atoms with Crippen LogP contribution in [0, 0.1) is 0 Å². The van der Waals surface area contributed by atoms with E-state index in [1.807, 2.05) is 13.1 Å². The lowest BCUT2D eigenvalue weighted by Gasteiger charge is -1.99. The minimum atomic E-state index is 1.08. The van der Waals surface area contributed by atoms with E-state index in [1.54, 1.807) is 0 Å². The average molecular weight is 163 g/mol. The second-order valence-corrected chi connectivity index (χ2v) is 3.27. The fraction of sp³-hybridized carbons (Fsp3) is 0.545. The first-order chi connectivity index (χ1) is 5.83. The van der Waals surface area contributed by atoms with E-state index in [2.05, 4.69) is 24.1 Å². The molecule has 1 aliphatic rings. The molecule has 1 heterocycles. The zero-order valence-corrected chi connectivity index (χ0v) is 8.01. The Balaban J connectivity index is 2.50. The van der Waals surface area contributed by atoms with E-state index in [4.69, 9.17) is 0 Å². The summed E-state index contributed by atoms with van der Waals surface area (Å²) in [4.78, 5) is 4.33. The van der Waals surface area contributed by atoms with Crippen LogP contribution >= 0.6 is 0 Å². The summed E-state index contributed by atoms with van der Waals surface area (Å²) >= 11 is 0. The highest BCUT2D eigenvalue weighted by molar-refractivity contribution is 5.93. The lowest BCUT2D eigenvalue weighted by molar-refractivity contribution is 0.774. The van der Waals surface area contributed by atoms with Crippen molar-refractivity contribution in [2.75, 3.05) is 0 Å². The molecule has 0 bridgehead atoms. The fourth-order valence-electron chi connectivity index (χ4n) is 1.24. The molecule has 0 radical (unpaired) electrons. The van der Waals surface area contributed by atoms with Crippen LogP contribution in [0.1, 0.15) is 39.5 Å². The van der Waals surface area contributed by atoms with Crippen LogP contribution in [0.25, 0.3) is 0 Å². The molecular weight excluding hydrogens is 146 g/mol. The summed E-state index contributed by atoms with van der Waals surface area (Å²) in [5, 5.41) is 0. The Bertz CT molecular complexity index is 221. The van der Waals surface area contributed by atoms with Crippen LogP contribution in [0.15, 0.2) is 28.9 Å². The van der Waals surface area contributed by atoms with E-state index in [0.29, 0.717) is 0 Å². The standard InChI is InChI=1S/C11H17N/c1-3-4-7-11-8-5-6-10(2)12-9-11/h5-6,9H,3-4,7-8H2,1-2H3. The van der Waals surface area contributed by atoms with E-state index in [1.165, 1.54) is 24.8 Å². The first-order valence-electron chi connectivity index (χ1n) is 4.71. The first kappa shape index (κ1) is 9.24. The predicted octanol–water partition coefficient (Wildman–Crippen LogP) is 3.48. The number of allylic oxidation sites excluding steroid dienone is 3. The molecule has 0 atom stereocenters. The number of hydrogen-bond acceptors (Lipinski definition) is 1. The van der Waals surface area contributed by atoms with Crippen molar-refractivity contribution < 1.29 is 0 Å². The first-order valence-corrected chi connectivity index (χ1v) is 4.71. The van der Waals surface area contributed by atoms with Gasteiger partial charge in [0.05, 0.1) is 0 Å². The van der Waals surface area contributed by atoms with Crippen molar-refractivity contribution in [2.45, 2.75) is 39.5 Å². The molecule has 1 nitrogen and oxygen atoms in total. The predicted molar refractivity (Wildman–Crippen MR) is 54.5 cm³/mol. The molecule has 1 rings (SSSR count). The van der Waals surface area contributed by atoms with Crippen LogP contribution < -0.4 is 0 Å². The molecule has 1 aliphatic heterocycles. The lowest BCUT2D eigenvalue weighted by Crippen LogP contribution is -1.80. The summed E-state index contributed by atoms with van der Waals surface area (Å²) in [6.07, 6.45) is 11.2. The van der Waals surface area contributed by atoms with Crippen molar-refractivity contribution in [3.8, 4) is 0 Å². The second-order valence-electron chi connectivity index (χ2n) is 3.27. The zero-order valence-electron chi connectivity index (χ0n) is 8.01. The van der Waals surface area contributed by atoms with Gasteiger partial charge in [-0.2, -0.15) is 0 Å². The second kappa shape index (κ2) is 4.91. The monoisotopic (exact) mass is 163 g/mol. The topological polar surface area (TPSA) is 12.4 Å². The maximum Gasteiger partial charge on any atom is 0.0369 e. The van der Waals surface area contributed by atoms with Gasteiger partial charge in [0, 0.05) is 11.9 Å². The van der Waals surface area contributed by atoms with Gasteiger partial charge in [-0.15, -0.1) is 0 Å². The highest BCUT2D eigenvalue weighted by atomic mass is 14.7. The smallest absolute Gasteiger partial charge is 0.0369 e. The van der Waals surface area contributed by atoms with Crippen molar-refractivity contribution in [1.29, 1.82) is 0 Å². The largest absolute Gasteiger partial charge is 0.262 e. The number of hydrogen-bond donors (Lipinski definition) is 0. The quantitative estimate of drug-likeness (QED) is 0.604. The Morgan fingerprint density at radius 3 is 3.08 bits per heavy atom. The maximum absolute atomic E-state index is 4.33. The Labute approximate surface area is 74.9 Å². The molecule has 0 saturated carbocycles. The number of rotatable bonds is 3. The number of unbranched alkanes of at least 4 members (excludes halogenated alkanes) is 1. The Morgan fingerprint density at radius 1 is 1.50 bits per heavy atom. The van der Waals surface area contributed by atoms with Gasteiger partial charge in [0.1, 0.15) is 0 Å². The molecule has 66 valence electrons. The highest BCUT2D eigenvalue weighted by Crippen LogP contribution is 2.14. The van der Waals surface area contributed by atoms with Crippen LogP contribution in [0.3, 0.4) is 0 Å². The Morgan fingerprint density at radius 2 is 2.33 bits per heavy atom. The van der Waals surface area contributed by atoms with Crippen LogP contribution in [0.2, 0.25) is 0 Å². The Kier molecular flexibility index (Phi) is 3.78. The van der Waals surface area contributed by atoms with E-state index in [9.17, 15) is 0 Å². The summed E-state index contributed by atoms with van der Waals surface area (Å²) in [7, 11) is 0. The van der Waals surface area contributed by atoms with E-state index < -0.39 is 0 Å². The van der Waals surface area contributed by atoms with Crippen molar-refractivity contribution in [3.63, 3.8) is 0 Å². The SMILES string of the molecule is CCCCC1=CN=C(C)C=CC1. The fourth-order valence-corrected chi connectivity index (χ4v) is 1.24. The van der Waals surface area contributed by atoms with Crippen molar-refractivity contribution >= 4 is 5.71 Å². The molecule has 0 aliphatic carbocycles. The molecule has 0 aromatic carbocycles. The zero-order chi connectivity index (χ0) is 8.81. The van der Waals surface area contributed by atoms with Gasteiger partial charge in [-0.3, -0.25) is 4.99 Å². The van der Waals surface area contributed by atoms with E-state index >= 15 is 0 Å². The minimum absolute atomic E-state index is 1.08. The van der Waals surface area contributed by atoms with Gasteiger partial charge >= 0.3 is 0 Å². The molecule has 0 unspecified atom stereocenters. The summed E-state index contributed by atoms with van der Waals surface area (Å²) in [5.41, 5.74) is 2.58. The average Bonchev–Trinajstić information content (AvgIpc) is 2.27. The molecule has 0 amide bonds. The van der Waals surface area contributed by atoms with Gasteiger partial charge in [0.25, 0.3) is 0 Å². The summed E-state index contributed by atoms with van der Waals surface area (Å²) in [6, 6.07) is 0. The number of aliphatic imine (C=N–C) groups is 1. The molecule has 0 N–H and O–H groups in total. The summed E-state index contributed by atoms with van der Waals surface area (Å²) in [5.74, 6) is 0. The van der Waals surface area contributed by atoms with Crippen molar-refractivity contribution in [1.82, 2.24) is 0 Å². The molecule has 0 spiro atoms. The van der Waals surface area contributed by atoms with Gasteiger partial charge in [-0.25, -0.2) is 0 Å². The van der Waals surface area contributed by atoms with Crippen LogP contribution in [-0.4, -0.2) is 5.71 Å². The molecule has 0 saturated heterocycles. The third-order valence-electron chi connectivity index (χ3n) is 2.04. The third kappa shape index (κ3) is 3.04. The lowest BCUT2D eigenvalue weighted by atomic mass is 10.1. The third-order valence-corrected chi connectivity index (χ3v) is 2.04. The maximum atomic E-state index is 4.33. The number of nitrogens with zero attached hydrogens (tertiary/aromatic N) is 1. The van der Waals surface area contributed by atoms with Crippen LogP contribution in [-0.2, 0) is 0 Å². The molecule has 0 fully saturated rings. The van der Waals surface area contributed by atoms with E-state index in [0.717, 1.165) is 12.1 Å². The van der Waals surface area contributed by atoms with Crippen LogP contribution in [0.4, 0.5) is 0 Å². The summed E-state index contributed by atoms with van der Waals surface area (Å²) < 4.78 is 0. The molecule has 12 heavy (non-hydrogen) atoms. The normalized spacial score (nSPS) is 16.8. The highest BCUT2D eigenvalue weighted by Gasteiger charge is 1.97. The molecular formula is C11H17N.